The molecule has 0 aromatic rings. The Morgan fingerprint density at radius 2 is 1.12 bits per heavy atom. The van der Waals surface area contributed by atoms with Gasteiger partial charge in [0.1, 0.15) is 12.2 Å². The molecule has 4 atom stereocenters. The highest BCUT2D eigenvalue weighted by molar-refractivity contribution is 6.79. The van der Waals surface area contributed by atoms with Gasteiger partial charge in [-0.2, -0.15) is 0 Å². The molecule has 0 aromatic carbocycles. The van der Waals surface area contributed by atoms with Gasteiger partial charge in [0.15, 0.2) is 0 Å². The Morgan fingerprint density at radius 1 is 0.824 bits per heavy atom. The topological polar surface area (TPSA) is 34.3 Å². The van der Waals surface area contributed by atoms with Crippen LogP contribution in [0, 0.1) is 0 Å². The molecule has 2 rings (SSSR count). The number of ether oxygens (including phenoxy) is 3. The fourth-order valence-corrected chi connectivity index (χ4v) is 6.18. The van der Waals surface area contributed by atoms with Gasteiger partial charge >= 0.3 is 0 Å². The van der Waals surface area contributed by atoms with Crippen molar-refractivity contribution in [3.63, 3.8) is 0 Å². The molecular weight excluding hydrogens is 248 g/mol. The molecule has 4 unspecified atom stereocenters. The average Bonchev–Trinajstić information content (AvgIpc) is 2.94. The van der Waals surface area contributed by atoms with E-state index in [2.05, 4.69) is 39.3 Å². The van der Waals surface area contributed by atoms with Gasteiger partial charge in [0.25, 0.3) is 0 Å². The first-order chi connectivity index (χ1) is 7.69. The largest absolute Gasteiger partial charge is 0.376 e. The zero-order valence-electron chi connectivity index (χ0n) is 11.9. The van der Waals surface area contributed by atoms with Crippen LogP contribution in [0.2, 0.25) is 39.3 Å². The summed E-state index contributed by atoms with van der Waals surface area (Å²) in [6, 6.07) is 0. The molecule has 17 heavy (non-hydrogen) atoms. The second-order valence-electron chi connectivity index (χ2n) is 7.45. The summed E-state index contributed by atoms with van der Waals surface area (Å²) in [6.45, 7) is 16.0. The molecular formula is C12H26O3Si2. The summed E-state index contributed by atoms with van der Waals surface area (Å²) in [6.07, 6.45) is 0.721. The van der Waals surface area contributed by atoms with E-state index in [4.69, 9.17) is 14.2 Å². The van der Waals surface area contributed by atoms with E-state index in [-0.39, 0.29) is 0 Å². The summed E-state index contributed by atoms with van der Waals surface area (Å²) in [4.78, 5) is 0. The second-order valence-corrected chi connectivity index (χ2v) is 18.1. The average molecular weight is 275 g/mol. The number of hydrogen-bond acceptors (Lipinski definition) is 3. The minimum absolute atomic E-state index is 0.337. The summed E-state index contributed by atoms with van der Waals surface area (Å²) < 4.78 is 17.5. The SMILES string of the molecule is C[Si](C)(C)C(OC(C1CO1)[Si](C)(C)C)C1CO1. The van der Waals surface area contributed by atoms with Crippen LogP contribution < -0.4 is 0 Å². The van der Waals surface area contributed by atoms with Crippen LogP contribution in [0.5, 0.6) is 0 Å². The Labute approximate surface area is 107 Å². The van der Waals surface area contributed by atoms with Crippen molar-refractivity contribution in [2.24, 2.45) is 0 Å². The Kier molecular flexibility index (Phi) is 3.60. The molecule has 0 aliphatic carbocycles. The Morgan fingerprint density at radius 3 is 1.29 bits per heavy atom. The fourth-order valence-electron chi connectivity index (χ4n) is 2.32. The van der Waals surface area contributed by atoms with Crippen LogP contribution in [0.1, 0.15) is 0 Å². The zero-order valence-corrected chi connectivity index (χ0v) is 13.9. The van der Waals surface area contributed by atoms with E-state index in [1.165, 1.54) is 0 Å². The van der Waals surface area contributed by atoms with Gasteiger partial charge in [-0.05, 0) is 0 Å². The lowest BCUT2D eigenvalue weighted by Crippen LogP contribution is -2.53. The van der Waals surface area contributed by atoms with E-state index in [0.29, 0.717) is 23.7 Å². The number of rotatable bonds is 6. The molecule has 2 saturated heterocycles. The molecule has 2 heterocycles. The smallest absolute Gasteiger partial charge is 0.104 e. The van der Waals surface area contributed by atoms with Gasteiger partial charge in [-0.15, -0.1) is 0 Å². The fraction of sp³-hybridized carbons (Fsp3) is 1.00. The highest BCUT2D eigenvalue weighted by Crippen LogP contribution is 2.32. The first-order valence-electron chi connectivity index (χ1n) is 6.58. The van der Waals surface area contributed by atoms with Gasteiger partial charge in [-0.25, -0.2) is 0 Å². The van der Waals surface area contributed by atoms with Crippen LogP contribution in [0.15, 0.2) is 0 Å². The summed E-state index contributed by atoms with van der Waals surface area (Å²) in [5.74, 6) is 0. The zero-order chi connectivity index (χ0) is 12.8. The van der Waals surface area contributed by atoms with E-state index >= 15 is 0 Å². The molecule has 0 radical (unpaired) electrons. The van der Waals surface area contributed by atoms with Crippen LogP contribution in [-0.4, -0.2) is 53.0 Å². The summed E-state index contributed by atoms with van der Waals surface area (Å²) in [7, 11) is -2.65. The molecule has 3 nitrogen and oxygen atoms in total. The standard InChI is InChI=1S/C12H26O3Si2/c1-16(2,3)11(9-7-13-9)15-12(10-8-14-10)17(4,5)6/h9-12H,7-8H2,1-6H3. The van der Waals surface area contributed by atoms with Crippen LogP contribution in [0.4, 0.5) is 0 Å². The van der Waals surface area contributed by atoms with Gasteiger partial charge in [0.2, 0.25) is 0 Å². The molecule has 2 aliphatic heterocycles. The maximum atomic E-state index is 6.50. The summed E-state index contributed by atoms with van der Waals surface area (Å²) >= 11 is 0. The van der Waals surface area contributed by atoms with Gasteiger partial charge in [0, 0.05) is 0 Å². The highest BCUT2D eigenvalue weighted by atomic mass is 28.3. The van der Waals surface area contributed by atoms with Crippen molar-refractivity contribution in [1.82, 2.24) is 0 Å². The van der Waals surface area contributed by atoms with Crippen molar-refractivity contribution < 1.29 is 14.2 Å². The molecule has 2 aliphatic rings. The normalized spacial score (nSPS) is 32.1. The number of hydrogen-bond donors (Lipinski definition) is 0. The molecule has 0 aromatic heterocycles. The van der Waals surface area contributed by atoms with E-state index in [9.17, 15) is 0 Å². The predicted octanol–water partition coefficient (Wildman–Crippen LogP) is 2.29. The molecule has 5 heteroatoms. The van der Waals surface area contributed by atoms with Gasteiger partial charge < -0.3 is 14.2 Å². The van der Waals surface area contributed by atoms with Crippen molar-refractivity contribution >= 4 is 16.1 Å². The quantitative estimate of drug-likeness (QED) is 0.550. The minimum Gasteiger partial charge on any atom is -0.376 e. The highest BCUT2D eigenvalue weighted by Gasteiger charge is 2.49. The third-order valence-corrected chi connectivity index (χ3v) is 7.82. The third-order valence-electron chi connectivity index (χ3n) is 3.39. The lowest BCUT2D eigenvalue weighted by Gasteiger charge is -2.36. The van der Waals surface area contributed by atoms with Crippen LogP contribution in [0.3, 0.4) is 0 Å². The van der Waals surface area contributed by atoms with E-state index in [1.54, 1.807) is 0 Å². The molecule has 100 valence electrons. The van der Waals surface area contributed by atoms with E-state index in [1.807, 2.05) is 0 Å². The molecule has 2 fully saturated rings. The first kappa shape index (κ1) is 13.7. The Balaban J connectivity index is 2.04. The molecule has 0 spiro atoms. The lowest BCUT2D eigenvalue weighted by molar-refractivity contribution is 0.0356. The monoisotopic (exact) mass is 274 g/mol. The van der Waals surface area contributed by atoms with E-state index < -0.39 is 16.1 Å². The Bertz CT molecular complexity index is 246. The van der Waals surface area contributed by atoms with Crippen molar-refractivity contribution in [3.05, 3.63) is 0 Å². The molecule has 0 saturated carbocycles. The van der Waals surface area contributed by atoms with Gasteiger partial charge in [0.05, 0.1) is 40.8 Å². The number of epoxide rings is 2. The molecule has 0 amide bonds. The van der Waals surface area contributed by atoms with Crippen molar-refractivity contribution in [3.8, 4) is 0 Å². The van der Waals surface area contributed by atoms with Crippen LogP contribution in [-0.2, 0) is 14.2 Å². The Hall–Kier alpha value is 0.314. The third kappa shape index (κ3) is 3.64. The molecule has 0 bridgehead atoms. The summed E-state index contributed by atoms with van der Waals surface area (Å²) in [5.41, 5.74) is 0.673. The van der Waals surface area contributed by atoms with Crippen molar-refractivity contribution in [2.75, 3.05) is 13.2 Å². The maximum absolute atomic E-state index is 6.50. The lowest BCUT2D eigenvalue weighted by atomic mass is 10.5. The predicted molar refractivity (Wildman–Crippen MR) is 74.8 cm³/mol. The van der Waals surface area contributed by atoms with Gasteiger partial charge in [-0.1, -0.05) is 39.3 Å². The maximum Gasteiger partial charge on any atom is 0.104 e. The summed E-state index contributed by atoms with van der Waals surface area (Å²) in [5, 5.41) is 0. The minimum atomic E-state index is -1.33. The van der Waals surface area contributed by atoms with E-state index in [0.717, 1.165) is 13.2 Å². The second kappa shape index (κ2) is 4.45. The van der Waals surface area contributed by atoms with Crippen LogP contribution in [0.25, 0.3) is 0 Å². The van der Waals surface area contributed by atoms with Crippen molar-refractivity contribution in [2.45, 2.75) is 62.9 Å². The van der Waals surface area contributed by atoms with Gasteiger partial charge in [-0.3, -0.25) is 0 Å². The van der Waals surface area contributed by atoms with Crippen molar-refractivity contribution in [1.29, 1.82) is 0 Å². The molecule has 0 N–H and O–H groups in total. The first-order valence-corrected chi connectivity index (χ1v) is 13.7. The van der Waals surface area contributed by atoms with Crippen LogP contribution >= 0.6 is 0 Å².